The Balaban J connectivity index is 1.25. The van der Waals surface area contributed by atoms with E-state index in [-0.39, 0.29) is 0 Å². The molecule has 5 aromatic rings. The van der Waals surface area contributed by atoms with Gasteiger partial charge in [0, 0.05) is 45.4 Å². The van der Waals surface area contributed by atoms with Gasteiger partial charge >= 0.3 is 0 Å². The molecule has 1 aliphatic carbocycles. The monoisotopic (exact) mass is 1060 g/mol. The van der Waals surface area contributed by atoms with Crippen LogP contribution in [0.1, 0.15) is 283 Å². The number of thiophene rings is 4. The zero-order chi connectivity index (χ0) is 51.3. The van der Waals surface area contributed by atoms with Crippen LogP contribution in [0.5, 0.6) is 0 Å². The number of hydrogen-bond acceptors (Lipinski definition) is 4. The Hall–Kier alpha value is -2.50. The highest BCUT2D eigenvalue weighted by molar-refractivity contribution is 7.27. The van der Waals surface area contributed by atoms with E-state index in [0.717, 1.165) is 6.42 Å². The molecule has 0 N–H and O–H groups in total. The minimum Gasteiger partial charge on any atom is -0.141 e. The van der Waals surface area contributed by atoms with Gasteiger partial charge in [-0.1, -0.05) is 243 Å². The third kappa shape index (κ3) is 20.4. The van der Waals surface area contributed by atoms with Gasteiger partial charge in [0.25, 0.3) is 0 Å². The van der Waals surface area contributed by atoms with Gasteiger partial charge in [-0.15, -0.1) is 45.3 Å². The van der Waals surface area contributed by atoms with E-state index in [1.807, 2.05) is 0 Å². The quantitative estimate of drug-likeness (QED) is 0.0342. The summed E-state index contributed by atoms with van der Waals surface area (Å²) in [5.41, 5.74) is 12.4. The molecule has 0 bridgehead atoms. The summed E-state index contributed by atoms with van der Waals surface area (Å²) < 4.78 is 0. The average Bonchev–Trinajstić information content (AvgIpc) is 4.26. The normalized spacial score (nSPS) is 12.8. The summed E-state index contributed by atoms with van der Waals surface area (Å²) in [5, 5.41) is 0. The molecule has 6 rings (SSSR count). The Morgan fingerprint density at radius 2 is 0.740 bits per heavy atom. The van der Waals surface area contributed by atoms with Crippen LogP contribution in [0.2, 0.25) is 0 Å². The molecule has 1 aromatic carbocycles. The smallest absolute Gasteiger partial charge is 0.0481 e. The van der Waals surface area contributed by atoms with E-state index < -0.39 is 0 Å². The second-order valence-electron chi connectivity index (χ2n) is 22.4. The summed E-state index contributed by atoms with van der Waals surface area (Å²) in [6.45, 7) is 13.9. The molecule has 0 radical (unpaired) electrons. The van der Waals surface area contributed by atoms with Gasteiger partial charge in [-0.3, -0.25) is 0 Å². The molecular formula is C69H102S4. The Kier molecular flexibility index (Phi) is 28.7. The van der Waals surface area contributed by atoms with Crippen LogP contribution in [0.25, 0.3) is 41.1 Å². The van der Waals surface area contributed by atoms with E-state index >= 15 is 0 Å². The van der Waals surface area contributed by atoms with Gasteiger partial charge in [0.2, 0.25) is 0 Å². The summed E-state index contributed by atoms with van der Waals surface area (Å²) in [5.74, 6) is 0. The number of benzene rings is 1. The van der Waals surface area contributed by atoms with Gasteiger partial charge in [0.1, 0.15) is 0 Å². The van der Waals surface area contributed by atoms with Crippen LogP contribution in [-0.4, -0.2) is 0 Å². The predicted octanol–water partition coefficient (Wildman–Crippen LogP) is 25.4. The van der Waals surface area contributed by atoms with Gasteiger partial charge in [-0.2, -0.15) is 0 Å². The minimum absolute atomic E-state index is 1.09. The number of rotatable bonds is 41. The Labute approximate surface area is 465 Å². The summed E-state index contributed by atoms with van der Waals surface area (Å²) in [7, 11) is 0. The largest absolute Gasteiger partial charge is 0.141 e. The topological polar surface area (TPSA) is 0 Å². The van der Waals surface area contributed by atoms with Gasteiger partial charge in [0.05, 0.1) is 0 Å². The second-order valence-corrected chi connectivity index (χ2v) is 26.9. The molecule has 4 heterocycles. The first-order valence-corrected chi connectivity index (χ1v) is 34.1. The number of unbranched alkanes of at least 4 members (excludes halogenated alkanes) is 28. The first-order valence-electron chi connectivity index (χ1n) is 30.9. The maximum absolute atomic E-state index is 2.69. The first-order chi connectivity index (χ1) is 35.9. The second kappa shape index (κ2) is 35.0. The first kappa shape index (κ1) is 59.7. The Bertz CT molecular complexity index is 2310. The van der Waals surface area contributed by atoms with Crippen molar-refractivity contribution >= 4 is 56.5 Å². The minimum atomic E-state index is 1.09. The van der Waals surface area contributed by atoms with E-state index in [0.29, 0.717) is 0 Å². The van der Waals surface area contributed by atoms with Crippen LogP contribution in [0, 0.1) is 13.8 Å². The number of hydrogen-bond donors (Lipinski definition) is 0. The highest BCUT2D eigenvalue weighted by Gasteiger charge is 2.25. The lowest BCUT2D eigenvalue weighted by atomic mass is 10.0. The fourth-order valence-electron chi connectivity index (χ4n) is 11.3. The molecule has 0 saturated carbocycles. The lowest BCUT2D eigenvalue weighted by molar-refractivity contribution is 0.575. The maximum Gasteiger partial charge on any atom is 0.0481 e. The van der Waals surface area contributed by atoms with Gasteiger partial charge in [0.15, 0.2) is 0 Å². The van der Waals surface area contributed by atoms with Crippen LogP contribution in [0.4, 0.5) is 0 Å². The van der Waals surface area contributed by atoms with E-state index in [1.54, 1.807) is 43.2 Å². The van der Waals surface area contributed by atoms with Crippen LogP contribution in [0.15, 0.2) is 66.2 Å². The Morgan fingerprint density at radius 1 is 0.342 bits per heavy atom. The lowest BCUT2D eigenvalue weighted by Crippen LogP contribution is -1.90. The highest BCUT2D eigenvalue weighted by Crippen LogP contribution is 2.50. The van der Waals surface area contributed by atoms with Crippen LogP contribution < -0.4 is 0 Å². The number of allylic oxidation sites excluding steroid dienone is 4. The molecule has 0 unspecified atom stereocenters. The molecule has 73 heavy (non-hydrogen) atoms. The van der Waals surface area contributed by atoms with Crippen molar-refractivity contribution in [1.82, 2.24) is 0 Å². The molecule has 0 amide bonds. The van der Waals surface area contributed by atoms with Crippen molar-refractivity contribution in [2.24, 2.45) is 0 Å². The zero-order valence-corrected chi connectivity index (χ0v) is 50.8. The van der Waals surface area contributed by atoms with E-state index in [4.69, 9.17) is 0 Å². The molecule has 0 nitrogen and oxygen atoms in total. The van der Waals surface area contributed by atoms with Crippen LogP contribution in [0.3, 0.4) is 0 Å². The number of aryl methyl sites for hydroxylation is 5. The molecule has 0 aliphatic heterocycles. The van der Waals surface area contributed by atoms with Crippen molar-refractivity contribution in [2.75, 3.05) is 0 Å². The van der Waals surface area contributed by atoms with Crippen molar-refractivity contribution in [2.45, 2.75) is 279 Å². The van der Waals surface area contributed by atoms with Crippen molar-refractivity contribution in [3.8, 4) is 29.9 Å². The summed E-state index contributed by atoms with van der Waals surface area (Å²) in [6.07, 6.45) is 52.6. The molecule has 0 saturated heterocycles. The third-order valence-corrected chi connectivity index (χ3v) is 20.9. The summed E-state index contributed by atoms with van der Waals surface area (Å²) in [6, 6.07) is 22.1. The maximum atomic E-state index is 2.69. The molecule has 1 aliphatic rings. The molecule has 0 atom stereocenters. The lowest BCUT2D eigenvalue weighted by Gasteiger charge is -2.08. The molecule has 4 heteroatoms. The summed E-state index contributed by atoms with van der Waals surface area (Å²) in [4.78, 5) is 12.1. The van der Waals surface area contributed by atoms with Crippen LogP contribution >= 0.6 is 45.3 Å². The van der Waals surface area contributed by atoms with E-state index in [9.17, 15) is 0 Å². The van der Waals surface area contributed by atoms with Gasteiger partial charge in [-0.25, -0.2) is 0 Å². The third-order valence-electron chi connectivity index (χ3n) is 15.8. The van der Waals surface area contributed by atoms with Crippen molar-refractivity contribution in [3.05, 3.63) is 103 Å². The van der Waals surface area contributed by atoms with Crippen molar-refractivity contribution in [3.63, 3.8) is 0 Å². The van der Waals surface area contributed by atoms with Crippen molar-refractivity contribution < 1.29 is 0 Å². The standard InChI is InChI=1S/C69H102S4/c1-7-11-15-19-23-27-31-35-39-57-50-61(67-58(49-55(6)70-67)40-36-32-28-24-20-16-12-8-2)51-62(57)63-47-48-64(71-63)68-60(42-38-34-30-26-22-18-14-10-4)53-66(73-68)69-59(41-37-33-29-25-21-17-13-9-3)52-65(72-69)56-45-43-54(5)44-46-56/h43-50,52-53H,7-42,51H2,1-6H3. The SMILES string of the molecule is CCCCCCCCCCC1=C(c2ccc(-c3sc(-c4sc(-c5ccc(C)cc5)cc4CCCCCCCCCC)cc3CCCCCCCCCC)s2)CC(c2sc(C)cc2CCCCCCCCCC)=C1. The molecule has 402 valence electrons. The summed E-state index contributed by atoms with van der Waals surface area (Å²) >= 11 is 8.36. The van der Waals surface area contributed by atoms with Gasteiger partial charge < -0.3 is 0 Å². The van der Waals surface area contributed by atoms with E-state index in [2.05, 4.69) is 148 Å². The van der Waals surface area contributed by atoms with Gasteiger partial charge in [-0.05, 0) is 135 Å². The molecular weight excluding hydrogens is 957 g/mol. The fourth-order valence-corrected chi connectivity index (χ4v) is 16.2. The van der Waals surface area contributed by atoms with Crippen LogP contribution in [-0.2, 0) is 19.3 Å². The zero-order valence-electron chi connectivity index (χ0n) is 47.6. The molecule has 4 aromatic heterocycles. The molecule has 0 spiro atoms. The van der Waals surface area contributed by atoms with E-state index in [1.165, 1.54) is 272 Å². The Morgan fingerprint density at radius 3 is 1.23 bits per heavy atom. The van der Waals surface area contributed by atoms with Crippen molar-refractivity contribution in [1.29, 1.82) is 0 Å². The molecule has 0 fully saturated rings. The highest BCUT2D eigenvalue weighted by atomic mass is 32.1. The predicted molar refractivity (Wildman–Crippen MR) is 336 cm³/mol. The fraction of sp³-hybridized carbons (Fsp3) is 0.623. The average molecular weight is 1060 g/mol.